The van der Waals surface area contributed by atoms with Gasteiger partial charge in [-0.05, 0) is 37.1 Å². The number of carbonyl (C=O) groups excluding carboxylic acids is 1. The molecular weight excluding hydrogens is 266 g/mol. The maximum absolute atomic E-state index is 11.4. The van der Waals surface area contributed by atoms with Gasteiger partial charge in [0.15, 0.2) is 0 Å². The summed E-state index contributed by atoms with van der Waals surface area (Å²) >= 11 is 0. The molecular formula is C16H19N3O2. The first-order valence-corrected chi connectivity index (χ1v) is 6.70. The first kappa shape index (κ1) is 15.0. The Bertz CT molecular complexity index is 638. The second-order valence-corrected chi connectivity index (χ2v) is 4.98. The van der Waals surface area contributed by atoms with E-state index in [1.54, 1.807) is 12.1 Å². The predicted octanol–water partition coefficient (Wildman–Crippen LogP) is 2.52. The highest BCUT2D eigenvalue weighted by molar-refractivity contribution is 5.89. The molecule has 110 valence electrons. The van der Waals surface area contributed by atoms with Crippen molar-refractivity contribution >= 4 is 11.9 Å². The van der Waals surface area contributed by atoms with E-state index in [1.165, 1.54) is 7.11 Å². The van der Waals surface area contributed by atoms with E-state index in [1.807, 2.05) is 44.1 Å². The summed E-state index contributed by atoms with van der Waals surface area (Å²) in [6.45, 7) is 4.63. The monoisotopic (exact) mass is 285 g/mol. The zero-order valence-electron chi connectivity index (χ0n) is 12.8. The Balaban J connectivity index is 2.10. The van der Waals surface area contributed by atoms with E-state index in [4.69, 9.17) is 0 Å². The normalized spacial score (nSPS) is 10.3. The van der Waals surface area contributed by atoms with Crippen LogP contribution in [0, 0.1) is 13.8 Å². The standard InChI is InChI=1S/C16H19N3O2/c1-11-9-17-16(18-12(11)2)19(3)10-13-5-7-14(8-6-13)15(20)21-4/h5-9H,10H2,1-4H3. The lowest BCUT2D eigenvalue weighted by molar-refractivity contribution is 0.0600. The molecule has 5 nitrogen and oxygen atoms in total. The molecule has 0 atom stereocenters. The van der Waals surface area contributed by atoms with E-state index in [2.05, 4.69) is 14.7 Å². The molecule has 21 heavy (non-hydrogen) atoms. The fourth-order valence-corrected chi connectivity index (χ4v) is 1.91. The number of ether oxygens (including phenoxy) is 1. The van der Waals surface area contributed by atoms with E-state index < -0.39 is 0 Å². The molecule has 5 heteroatoms. The summed E-state index contributed by atoms with van der Waals surface area (Å²) in [5.74, 6) is 0.363. The van der Waals surface area contributed by atoms with Gasteiger partial charge in [0.25, 0.3) is 0 Å². The van der Waals surface area contributed by atoms with E-state index in [9.17, 15) is 4.79 Å². The van der Waals surface area contributed by atoms with Crippen molar-refractivity contribution in [2.45, 2.75) is 20.4 Å². The summed E-state index contributed by atoms with van der Waals surface area (Å²) in [4.78, 5) is 22.2. The van der Waals surface area contributed by atoms with Crippen molar-refractivity contribution in [3.05, 3.63) is 52.8 Å². The average molecular weight is 285 g/mol. The van der Waals surface area contributed by atoms with Crippen LogP contribution >= 0.6 is 0 Å². The summed E-state index contributed by atoms with van der Waals surface area (Å²) < 4.78 is 4.68. The van der Waals surface area contributed by atoms with E-state index >= 15 is 0 Å². The van der Waals surface area contributed by atoms with Crippen LogP contribution in [0.25, 0.3) is 0 Å². The van der Waals surface area contributed by atoms with Crippen LogP contribution in [0.15, 0.2) is 30.5 Å². The highest BCUT2D eigenvalue weighted by Gasteiger charge is 2.08. The number of esters is 1. The van der Waals surface area contributed by atoms with Crippen molar-refractivity contribution in [1.82, 2.24) is 9.97 Å². The molecule has 0 N–H and O–H groups in total. The van der Waals surface area contributed by atoms with Crippen molar-refractivity contribution in [3.8, 4) is 0 Å². The van der Waals surface area contributed by atoms with Crippen LogP contribution in [0.3, 0.4) is 0 Å². The fraction of sp³-hybridized carbons (Fsp3) is 0.312. The number of nitrogens with zero attached hydrogens (tertiary/aromatic N) is 3. The number of aryl methyl sites for hydroxylation is 2. The zero-order chi connectivity index (χ0) is 15.4. The summed E-state index contributed by atoms with van der Waals surface area (Å²) in [5.41, 5.74) is 3.68. The Labute approximate surface area is 124 Å². The van der Waals surface area contributed by atoms with Gasteiger partial charge in [-0.15, -0.1) is 0 Å². The van der Waals surface area contributed by atoms with Gasteiger partial charge in [0.1, 0.15) is 0 Å². The van der Waals surface area contributed by atoms with Gasteiger partial charge in [-0.25, -0.2) is 14.8 Å². The molecule has 1 aromatic carbocycles. The smallest absolute Gasteiger partial charge is 0.337 e. The summed E-state index contributed by atoms with van der Waals surface area (Å²) in [5, 5.41) is 0. The van der Waals surface area contributed by atoms with Crippen molar-refractivity contribution < 1.29 is 9.53 Å². The molecule has 0 amide bonds. The molecule has 0 saturated carbocycles. The van der Waals surface area contributed by atoms with Gasteiger partial charge in [0, 0.05) is 25.5 Å². The van der Waals surface area contributed by atoms with Crippen molar-refractivity contribution in [1.29, 1.82) is 0 Å². The van der Waals surface area contributed by atoms with Crippen molar-refractivity contribution in [2.75, 3.05) is 19.1 Å². The summed E-state index contributed by atoms with van der Waals surface area (Å²) in [6, 6.07) is 7.33. The van der Waals surface area contributed by atoms with Crippen LogP contribution < -0.4 is 4.90 Å². The predicted molar refractivity (Wildman–Crippen MR) is 81.4 cm³/mol. The number of anilines is 1. The largest absolute Gasteiger partial charge is 0.465 e. The molecule has 0 radical (unpaired) electrons. The number of hydrogen-bond acceptors (Lipinski definition) is 5. The lowest BCUT2D eigenvalue weighted by Crippen LogP contribution is -2.19. The second kappa shape index (κ2) is 6.35. The lowest BCUT2D eigenvalue weighted by atomic mass is 10.1. The van der Waals surface area contributed by atoms with E-state index in [-0.39, 0.29) is 5.97 Å². The Morgan fingerprint density at radius 1 is 1.24 bits per heavy atom. The van der Waals surface area contributed by atoms with Gasteiger partial charge >= 0.3 is 5.97 Å². The van der Waals surface area contributed by atoms with Crippen LogP contribution in [0.2, 0.25) is 0 Å². The average Bonchev–Trinajstić information content (AvgIpc) is 2.50. The van der Waals surface area contributed by atoms with Crippen LogP contribution in [0.5, 0.6) is 0 Å². The maximum atomic E-state index is 11.4. The van der Waals surface area contributed by atoms with Crippen molar-refractivity contribution in [3.63, 3.8) is 0 Å². The van der Waals surface area contributed by atoms with Gasteiger partial charge in [-0.2, -0.15) is 0 Å². The topological polar surface area (TPSA) is 55.3 Å². The molecule has 0 saturated heterocycles. The highest BCUT2D eigenvalue weighted by atomic mass is 16.5. The molecule has 0 aliphatic carbocycles. The second-order valence-electron chi connectivity index (χ2n) is 4.98. The number of methoxy groups -OCH3 is 1. The van der Waals surface area contributed by atoms with Gasteiger partial charge < -0.3 is 9.64 Å². The maximum Gasteiger partial charge on any atom is 0.337 e. The number of carbonyl (C=O) groups is 1. The number of rotatable bonds is 4. The van der Waals surface area contributed by atoms with Crippen LogP contribution in [0.1, 0.15) is 27.2 Å². The minimum Gasteiger partial charge on any atom is -0.465 e. The Hall–Kier alpha value is -2.43. The SMILES string of the molecule is COC(=O)c1ccc(CN(C)c2ncc(C)c(C)n2)cc1. The third kappa shape index (κ3) is 3.56. The van der Waals surface area contributed by atoms with E-state index in [0.717, 1.165) is 16.8 Å². The third-order valence-electron chi connectivity index (χ3n) is 3.35. The molecule has 2 aromatic rings. The Morgan fingerprint density at radius 3 is 2.48 bits per heavy atom. The molecule has 0 aliphatic rings. The van der Waals surface area contributed by atoms with Gasteiger partial charge in [-0.3, -0.25) is 0 Å². The van der Waals surface area contributed by atoms with Gasteiger partial charge in [0.2, 0.25) is 5.95 Å². The van der Waals surface area contributed by atoms with E-state index in [0.29, 0.717) is 18.1 Å². The molecule has 1 heterocycles. The molecule has 0 aliphatic heterocycles. The van der Waals surface area contributed by atoms with Crippen LogP contribution in [0.4, 0.5) is 5.95 Å². The van der Waals surface area contributed by atoms with Gasteiger partial charge in [0.05, 0.1) is 12.7 Å². The highest BCUT2D eigenvalue weighted by Crippen LogP contribution is 2.13. The first-order chi connectivity index (χ1) is 10.0. The Kier molecular flexibility index (Phi) is 4.52. The minimum atomic E-state index is -0.326. The third-order valence-corrected chi connectivity index (χ3v) is 3.35. The molecule has 0 fully saturated rings. The minimum absolute atomic E-state index is 0.326. The molecule has 2 rings (SSSR count). The Morgan fingerprint density at radius 2 is 1.90 bits per heavy atom. The molecule has 1 aromatic heterocycles. The lowest BCUT2D eigenvalue weighted by Gasteiger charge is -2.18. The number of benzene rings is 1. The summed E-state index contributed by atoms with van der Waals surface area (Å²) in [6.07, 6.45) is 1.83. The fourth-order valence-electron chi connectivity index (χ4n) is 1.91. The molecule has 0 unspecified atom stereocenters. The quantitative estimate of drug-likeness (QED) is 0.808. The summed E-state index contributed by atoms with van der Waals surface area (Å²) in [7, 11) is 3.32. The van der Waals surface area contributed by atoms with Crippen LogP contribution in [-0.2, 0) is 11.3 Å². The first-order valence-electron chi connectivity index (χ1n) is 6.70. The van der Waals surface area contributed by atoms with Gasteiger partial charge in [-0.1, -0.05) is 12.1 Å². The number of hydrogen-bond donors (Lipinski definition) is 0. The zero-order valence-corrected chi connectivity index (χ0v) is 12.8. The molecule has 0 spiro atoms. The molecule has 0 bridgehead atoms. The van der Waals surface area contributed by atoms with Crippen molar-refractivity contribution in [2.24, 2.45) is 0 Å². The van der Waals surface area contributed by atoms with Crippen LogP contribution in [-0.4, -0.2) is 30.1 Å². The number of aromatic nitrogens is 2.